The number of carbonyl (C=O) groups excluding carboxylic acids is 1. The number of benzene rings is 1. The van der Waals surface area contributed by atoms with Gasteiger partial charge < -0.3 is 5.32 Å². The summed E-state index contributed by atoms with van der Waals surface area (Å²) in [6.07, 6.45) is 4.67. The normalized spacial score (nSPS) is 12.2. The van der Waals surface area contributed by atoms with Gasteiger partial charge in [-0.3, -0.25) is 14.3 Å². The van der Waals surface area contributed by atoms with Crippen molar-refractivity contribution in [3.63, 3.8) is 0 Å². The van der Waals surface area contributed by atoms with E-state index >= 15 is 0 Å². The molecule has 1 unspecified atom stereocenters. The van der Waals surface area contributed by atoms with E-state index in [2.05, 4.69) is 25.7 Å². The Labute approximate surface area is 176 Å². The second kappa shape index (κ2) is 8.67. The number of hydrogen-bond acceptors (Lipinski definition) is 5. The number of thioether (sulfide) groups is 1. The fourth-order valence-corrected chi connectivity index (χ4v) is 3.73. The Bertz CT molecular complexity index is 1140. The molecule has 0 spiro atoms. The van der Waals surface area contributed by atoms with Crippen LogP contribution in [0.2, 0.25) is 5.02 Å². The van der Waals surface area contributed by atoms with Crippen LogP contribution in [-0.2, 0) is 0 Å². The number of nitrogens with one attached hydrogen (secondary N) is 2. The maximum absolute atomic E-state index is 12.9. The molecule has 4 aromatic rings. The first kappa shape index (κ1) is 19.5. The van der Waals surface area contributed by atoms with Crippen LogP contribution in [0, 0.1) is 0 Å². The number of carbonyl (C=O) groups is 1. The molecular formula is C20H19ClN6OS. The number of rotatable bonds is 7. The molecule has 29 heavy (non-hydrogen) atoms. The second-order valence-electron chi connectivity index (χ2n) is 6.47. The monoisotopic (exact) mass is 426 g/mol. The van der Waals surface area contributed by atoms with Gasteiger partial charge in [0.15, 0.2) is 11.5 Å². The summed E-state index contributed by atoms with van der Waals surface area (Å²) in [5.74, 6) is 1.34. The van der Waals surface area contributed by atoms with Gasteiger partial charge in [0.1, 0.15) is 5.69 Å². The lowest BCUT2D eigenvalue weighted by molar-refractivity contribution is 0.0928. The number of aromatic nitrogens is 5. The molecule has 0 bridgehead atoms. The lowest BCUT2D eigenvalue weighted by Crippen LogP contribution is -2.30. The van der Waals surface area contributed by atoms with Gasteiger partial charge in [0.2, 0.25) is 0 Å². The van der Waals surface area contributed by atoms with Crippen molar-refractivity contribution < 1.29 is 4.79 Å². The second-order valence-corrected chi connectivity index (χ2v) is 7.89. The van der Waals surface area contributed by atoms with Crippen LogP contribution in [0.4, 0.5) is 0 Å². The fourth-order valence-electron chi connectivity index (χ4n) is 3.07. The van der Waals surface area contributed by atoms with Gasteiger partial charge in [-0.05, 0) is 48.8 Å². The Morgan fingerprint density at radius 3 is 2.97 bits per heavy atom. The third-order valence-electron chi connectivity index (χ3n) is 4.51. The number of hydrogen-bond donors (Lipinski definition) is 2. The molecule has 0 aliphatic heterocycles. The number of nitrogens with zero attached hydrogens (tertiary/aromatic N) is 4. The predicted molar refractivity (Wildman–Crippen MR) is 115 cm³/mol. The SMILES string of the molecule is CSCCC(NC(=O)c1cc(-c2cccc(Cl)c2)n[nH]1)c1nnc2ccccn12. The summed E-state index contributed by atoms with van der Waals surface area (Å²) in [5, 5.41) is 19.3. The van der Waals surface area contributed by atoms with Gasteiger partial charge in [-0.15, -0.1) is 10.2 Å². The van der Waals surface area contributed by atoms with E-state index < -0.39 is 0 Å². The highest BCUT2D eigenvalue weighted by atomic mass is 35.5. The topological polar surface area (TPSA) is 88.0 Å². The summed E-state index contributed by atoms with van der Waals surface area (Å²) < 4.78 is 1.90. The molecule has 1 aromatic carbocycles. The molecule has 2 N–H and O–H groups in total. The van der Waals surface area contributed by atoms with Crippen LogP contribution >= 0.6 is 23.4 Å². The van der Waals surface area contributed by atoms with Crippen LogP contribution in [0.5, 0.6) is 0 Å². The van der Waals surface area contributed by atoms with Crippen molar-refractivity contribution >= 4 is 34.9 Å². The van der Waals surface area contributed by atoms with Gasteiger partial charge in [-0.2, -0.15) is 16.9 Å². The average molecular weight is 427 g/mol. The van der Waals surface area contributed by atoms with Crippen molar-refractivity contribution in [2.75, 3.05) is 12.0 Å². The molecule has 0 aliphatic carbocycles. The molecule has 1 atom stereocenters. The van der Waals surface area contributed by atoms with Crippen LogP contribution in [-0.4, -0.2) is 42.7 Å². The van der Waals surface area contributed by atoms with Crippen molar-refractivity contribution in [2.24, 2.45) is 0 Å². The molecule has 1 amide bonds. The molecule has 9 heteroatoms. The lowest BCUT2D eigenvalue weighted by Gasteiger charge is -2.16. The van der Waals surface area contributed by atoms with Crippen molar-refractivity contribution in [2.45, 2.75) is 12.5 Å². The number of halogens is 1. The van der Waals surface area contributed by atoms with E-state index in [1.165, 1.54) is 0 Å². The van der Waals surface area contributed by atoms with Crippen LogP contribution in [0.15, 0.2) is 54.7 Å². The number of pyridine rings is 1. The van der Waals surface area contributed by atoms with E-state index in [9.17, 15) is 4.79 Å². The van der Waals surface area contributed by atoms with E-state index in [4.69, 9.17) is 11.6 Å². The quantitative estimate of drug-likeness (QED) is 0.466. The average Bonchev–Trinajstić information content (AvgIpc) is 3.38. The smallest absolute Gasteiger partial charge is 0.269 e. The molecule has 0 saturated heterocycles. The number of H-pyrrole nitrogens is 1. The van der Waals surface area contributed by atoms with Crippen molar-refractivity contribution in [1.82, 2.24) is 30.1 Å². The van der Waals surface area contributed by atoms with Crippen LogP contribution in [0.1, 0.15) is 28.8 Å². The standard InChI is InChI=1S/C20H19ClN6OS/c1-29-10-8-15(19-26-25-18-7-2-3-9-27(18)19)22-20(28)17-12-16(23-24-17)13-5-4-6-14(21)11-13/h2-7,9,11-12,15H,8,10H2,1H3,(H,22,28)(H,23,24). The number of amides is 1. The molecule has 148 valence electrons. The Balaban J connectivity index is 1.57. The molecule has 7 nitrogen and oxygen atoms in total. The van der Waals surface area contributed by atoms with Gasteiger partial charge in [-0.1, -0.05) is 29.8 Å². The van der Waals surface area contributed by atoms with Crippen molar-refractivity contribution in [3.8, 4) is 11.3 Å². The van der Waals surface area contributed by atoms with Gasteiger partial charge in [0.25, 0.3) is 5.91 Å². The predicted octanol–water partition coefficient (Wildman–Crippen LogP) is 4.00. The third-order valence-corrected chi connectivity index (χ3v) is 5.39. The Hall–Kier alpha value is -2.84. The van der Waals surface area contributed by atoms with Gasteiger partial charge >= 0.3 is 0 Å². The van der Waals surface area contributed by atoms with Gasteiger partial charge in [-0.25, -0.2) is 0 Å². The van der Waals surface area contributed by atoms with E-state index in [1.54, 1.807) is 23.9 Å². The first-order valence-electron chi connectivity index (χ1n) is 9.06. The summed E-state index contributed by atoms with van der Waals surface area (Å²) in [7, 11) is 0. The van der Waals surface area contributed by atoms with Crippen molar-refractivity contribution in [3.05, 3.63) is 71.3 Å². The zero-order chi connectivity index (χ0) is 20.2. The minimum atomic E-state index is -0.273. The third kappa shape index (κ3) is 4.28. The first-order valence-corrected chi connectivity index (χ1v) is 10.8. The molecular weight excluding hydrogens is 408 g/mol. The van der Waals surface area contributed by atoms with Gasteiger partial charge in [0.05, 0.1) is 11.7 Å². The Kier molecular flexibility index (Phi) is 5.82. The molecule has 3 heterocycles. The summed E-state index contributed by atoms with van der Waals surface area (Å²) in [6.45, 7) is 0. The maximum Gasteiger partial charge on any atom is 0.269 e. The lowest BCUT2D eigenvalue weighted by atomic mass is 10.1. The maximum atomic E-state index is 12.9. The van der Waals surface area contributed by atoms with E-state index in [0.717, 1.165) is 23.4 Å². The Morgan fingerprint density at radius 1 is 1.24 bits per heavy atom. The largest absolute Gasteiger partial charge is 0.341 e. The molecule has 0 saturated carbocycles. The fraction of sp³-hybridized carbons (Fsp3) is 0.200. The molecule has 0 radical (unpaired) electrons. The van der Waals surface area contributed by atoms with Crippen LogP contribution in [0.25, 0.3) is 16.9 Å². The van der Waals surface area contributed by atoms with E-state index in [-0.39, 0.29) is 11.9 Å². The zero-order valence-electron chi connectivity index (χ0n) is 15.7. The highest BCUT2D eigenvalue weighted by Gasteiger charge is 2.22. The Morgan fingerprint density at radius 2 is 2.14 bits per heavy atom. The van der Waals surface area contributed by atoms with E-state index in [0.29, 0.717) is 22.2 Å². The van der Waals surface area contributed by atoms with Crippen LogP contribution < -0.4 is 5.32 Å². The zero-order valence-corrected chi connectivity index (χ0v) is 17.2. The molecule has 0 fully saturated rings. The number of aromatic amines is 1. The summed E-state index contributed by atoms with van der Waals surface area (Å²) in [4.78, 5) is 12.9. The molecule has 0 aliphatic rings. The highest BCUT2D eigenvalue weighted by Crippen LogP contribution is 2.22. The molecule has 3 aromatic heterocycles. The van der Waals surface area contributed by atoms with Gasteiger partial charge in [0, 0.05) is 16.8 Å². The highest BCUT2D eigenvalue weighted by molar-refractivity contribution is 7.98. The number of fused-ring (bicyclic) bond motifs is 1. The minimum Gasteiger partial charge on any atom is -0.341 e. The first-order chi connectivity index (χ1) is 14.2. The summed E-state index contributed by atoms with van der Waals surface area (Å²) in [6, 6.07) is 14.5. The molecule has 4 rings (SSSR count). The van der Waals surface area contributed by atoms with E-state index in [1.807, 2.05) is 53.3 Å². The van der Waals surface area contributed by atoms with Crippen molar-refractivity contribution in [1.29, 1.82) is 0 Å². The van der Waals surface area contributed by atoms with Crippen LogP contribution in [0.3, 0.4) is 0 Å². The summed E-state index contributed by atoms with van der Waals surface area (Å²) in [5.41, 5.74) is 2.63. The minimum absolute atomic E-state index is 0.246. The summed E-state index contributed by atoms with van der Waals surface area (Å²) >= 11 is 7.77.